The Morgan fingerprint density at radius 1 is 0.941 bits per heavy atom. The van der Waals surface area contributed by atoms with Crippen molar-refractivity contribution in [2.24, 2.45) is 0 Å². The number of hydrogen-bond donors (Lipinski definition) is 2. The fourth-order valence-electron chi connectivity index (χ4n) is 3.60. The smallest absolute Gasteiger partial charge is 0.245 e. The van der Waals surface area contributed by atoms with Gasteiger partial charge < -0.3 is 10.1 Å². The van der Waals surface area contributed by atoms with Gasteiger partial charge in [0.05, 0.1) is 7.11 Å². The monoisotopic (exact) mass is 480 g/mol. The Kier molecular flexibility index (Phi) is 8.12. The predicted octanol–water partition coefficient (Wildman–Crippen LogP) is 4.96. The Labute approximate surface area is 202 Å². The molecule has 0 saturated carbocycles. The van der Waals surface area contributed by atoms with E-state index in [2.05, 4.69) is 10.0 Å². The number of benzene rings is 3. The van der Waals surface area contributed by atoms with Gasteiger partial charge in [-0.15, -0.1) is 0 Å². The molecule has 0 saturated heterocycles. The highest BCUT2D eigenvalue weighted by Crippen LogP contribution is 2.28. The molecule has 1 amide bonds. The van der Waals surface area contributed by atoms with E-state index >= 15 is 0 Å². The Bertz CT molecular complexity index is 1250. The van der Waals surface area contributed by atoms with Crippen molar-refractivity contribution in [2.45, 2.75) is 51.0 Å². The second-order valence-electron chi connectivity index (χ2n) is 8.72. The SMILES string of the molecule is COc1ccc(C(C)C)cc1S(=O)(=O)NC(Cc1ccccc1)C(=O)Nc1ccc(C)c(C)c1. The van der Waals surface area contributed by atoms with E-state index in [4.69, 9.17) is 4.74 Å². The maximum Gasteiger partial charge on any atom is 0.245 e. The molecule has 1 atom stereocenters. The van der Waals surface area contributed by atoms with Gasteiger partial charge in [0.2, 0.25) is 15.9 Å². The predicted molar refractivity (Wildman–Crippen MR) is 136 cm³/mol. The number of carbonyl (C=O) groups excluding carboxylic acids is 1. The summed E-state index contributed by atoms with van der Waals surface area (Å²) < 4.78 is 34.9. The summed E-state index contributed by atoms with van der Waals surface area (Å²) in [6.07, 6.45) is 0.197. The third-order valence-electron chi connectivity index (χ3n) is 5.81. The van der Waals surface area contributed by atoms with E-state index in [1.54, 1.807) is 12.1 Å². The third-order valence-corrected chi connectivity index (χ3v) is 7.31. The lowest BCUT2D eigenvalue weighted by molar-refractivity contribution is -0.117. The van der Waals surface area contributed by atoms with Crippen LogP contribution < -0.4 is 14.8 Å². The Balaban J connectivity index is 1.95. The van der Waals surface area contributed by atoms with Crippen molar-refractivity contribution in [2.75, 3.05) is 12.4 Å². The molecule has 0 radical (unpaired) electrons. The third kappa shape index (κ3) is 6.24. The van der Waals surface area contributed by atoms with Crippen LogP contribution in [0.5, 0.6) is 5.75 Å². The second kappa shape index (κ2) is 10.8. The molecule has 3 aromatic carbocycles. The lowest BCUT2D eigenvalue weighted by atomic mass is 10.0. The number of hydrogen-bond acceptors (Lipinski definition) is 4. The standard InChI is InChI=1S/C27H32N2O4S/c1-18(2)22-12-14-25(33-5)26(17-22)34(31,32)29-24(16-21-9-7-6-8-10-21)27(30)28-23-13-11-19(3)20(4)15-23/h6-15,17-18,24,29H,16H2,1-5H3,(H,28,30). The van der Waals surface area contributed by atoms with Crippen molar-refractivity contribution < 1.29 is 17.9 Å². The minimum Gasteiger partial charge on any atom is -0.495 e. The highest BCUT2D eigenvalue weighted by Gasteiger charge is 2.29. The number of carbonyl (C=O) groups is 1. The number of aryl methyl sites for hydroxylation is 2. The summed E-state index contributed by atoms with van der Waals surface area (Å²) in [7, 11) is -2.64. The van der Waals surface area contributed by atoms with E-state index in [1.807, 2.05) is 82.3 Å². The van der Waals surface area contributed by atoms with Gasteiger partial charge in [-0.2, -0.15) is 4.72 Å². The first kappa shape index (κ1) is 25.5. The second-order valence-corrected chi connectivity index (χ2v) is 10.4. The highest BCUT2D eigenvalue weighted by molar-refractivity contribution is 7.89. The van der Waals surface area contributed by atoms with Crippen LogP contribution in [0, 0.1) is 13.8 Å². The van der Waals surface area contributed by atoms with E-state index in [0.29, 0.717) is 5.69 Å². The van der Waals surface area contributed by atoms with Crippen LogP contribution in [-0.4, -0.2) is 27.5 Å². The van der Waals surface area contributed by atoms with E-state index in [9.17, 15) is 13.2 Å². The van der Waals surface area contributed by atoms with Crippen molar-refractivity contribution in [1.82, 2.24) is 4.72 Å². The number of sulfonamides is 1. The molecule has 0 aliphatic heterocycles. The summed E-state index contributed by atoms with van der Waals surface area (Å²) in [6, 6.07) is 19.0. The van der Waals surface area contributed by atoms with Crippen LogP contribution in [0.3, 0.4) is 0 Å². The van der Waals surface area contributed by atoms with Crippen molar-refractivity contribution in [3.63, 3.8) is 0 Å². The van der Waals surface area contributed by atoms with Crippen LogP contribution in [0.15, 0.2) is 71.6 Å². The molecule has 34 heavy (non-hydrogen) atoms. The molecule has 1 unspecified atom stereocenters. The van der Waals surface area contributed by atoms with Gasteiger partial charge in [0.15, 0.2) is 0 Å². The van der Waals surface area contributed by atoms with Crippen LogP contribution in [0.4, 0.5) is 5.69 Å². The summed E-state index contributed by atoms with van der Waals surface area (Å²) in [6.45, 7) is 7.93. The number of nitrogens with one attached hydrogen (secondary N) is 2. The number of anilines is 1. The molecule has 0 aliphatic rings. The van der Waals surface area contributed by atoms with Gasteiger partial charge in [0.25, 0.3) is 0 Å². The summed E-state index contributed by atoms with van der Waals surface area (Å²) >= 11 is 0. The Hall–Kier alpha value is -3.16. The zero-order valence-corrected chi connectivity index (χ0v) is 21.1. The molecule has 2 N–H and O–H groups in total. The van der Waals surface area contributed by atoms with Crippen molar-refractivity contribution >= 4 is 21.6 Å². The molecular formula is C27H32N2O4S. The quantitative estimate of drug-likeness (QED) is 0.453. The van der Waals surface area contributed by atoms with E-state index in [1.165, 1.54) is 7.11 Å². The first-order chi connectivity index (χ1) is 16.1. The molecule has 0 aromatic heterocycles. The van der Waals surface area contributed by atoms with Crippen LogP contribution >= 0.6 is 0 Å². The van der Waals surface area contributed by atoms with Crippen LogP contribution in [0.1, 0.15) is 42.0 Å². The van der Waals surface area contributed by atoms with Crippen molar-refractivity contribution in [1.29, 1.82) is 0 Å². The van der Waals surface area contributed by atoms with Gasteiger partial charge in [-0.05, 0) is 72.7 Å². The molecule has 0 bridgehead atoms. The first-order valence-electron chi connectivity index (χ1n) is 11.2. The fourth-order valence-corrected chi connectivity index (χ4v) is 5.00. The summed E-state index contributed by atoms with van der Waals surface area (Å²) in [4.78, 5) is 13.3. The molecule has 3 aromatic rings. The van der Waals surface area contributed by atoms with E-state index in [0.717, 1.165) is 22.3 Å². The number of ether oxygens (including phenoxy) is 1. The average Bonchev–Trinajstić information content (AvgIpc) is 2.81. The average molecular weight is 481 g/mol. The van der Waals surface area contributed by atoms with Gasteiger partial charge in [0.1, 0.15) is 16.7 Å². The van der Waals surface area contributed by atoms with Crippen LogP contribution in [0.25, 0.3) is 0 Å². The van der Waals surface area contributed by atoms with Crippen molar-refractivity contribution in [3.05, 3.63) is 89.0 Å². The summed E-state index contributed by atoms with van der Waals surface area (Å²) in [5.41, 5.74) is 4.46. The van der Waals surface area contributed by atoms with Crippen molar-refractivity contribution in [3.8, 4) is 5.75 Å². The topological polar surface area (TPSA) is 84.5 Å². The van der Waals surface area contributed by atoms with E-state index in [-0.39, 0.29) is 23.0 Å². The van der Waals surface area contributed by atoms with Crippen LogP contribution in [0.2, 0.25) is 0 Å². The van der Waals surface area contributed by atoms with Gasteiger partial charge in [0, 0.05) is 5.69 Å². The lowest BCUT2D eigenvalue weighted by Crippen LogP contribution is -2.45. The maximum atomic E-state index is 13.5. The molecule has 0 spiro atoms. The molecule has 7 heteroatoms. The summed E-state index contributed by atoms with van der Waals surface area (Å²) in [5, 5.41) is 2.87. The molecular weight excluding hydrogens is 448 g/mol. The molecule has 3 rings (SSSR count). The number of rotatable bonds is 9. The molecule has 0 aliphatic carbocycles. The Morgan fingerprint density at radius 3 is 2.26 bits per heavy atom. The maximum absolute atomic E-state index is 13.5. The number of amides is 1. The normalized spacial score (nSPS) is 12.4. The van der Waals surface area contributed by atoms with E-state index < -0.39 is 22.0 Å². The van der Waals surface area contributed by atoms with Gasteiger partial charge in [-0.25, -0.2) is 8.42 Å². The van der Waals surface area contributed by atoms with Gasteiger partial charge in [-0.3, -0.25) is 4.79 Å². The molecule has 180 valence electrons. The largest absolute Gasteiger partial charge is 0.495 e. The molecule has 0 heterocycles. The zero-order valence-electron chi connectivity index (χ0n) is 20.3. The minimum atomic E-state index is -4.07. The van der Waals surface area contributed by atoms with Gasteiger partial charge >= 0.3 is 0 Å². The summed E-state index contributed by atoms with van der Waals surface area (Å²) in [5.74, 6) is -0.0763. The van der Waals surface area contributed by atoms with Crippen LogP contribution in [-0.2, 0) is 21.2 Å². The molecule has 0 fully saturated rings. The zero-order chi connectivity index (χ0) is 24.9. The number of methoxy groups -OCH3 is 1. The minimum absolute atomic E-state index is 0.0123. The Morgan fingerprint density at radius 2 is 1.65 bits per heavy atom. The molecule has 6 nitrogen and oxygen atoms in total. The lowest BCUT2D eigenvalue weighted by Gasteiger charge is -2.20. The highest BCUT2D eigenvalue weighted by atomic mass is 32.2. The van der Waals surface area contributed by atoms with Gasteiger partial charge in [-0.1, -0.05) is 56.3 Å². The first-order valence-corrected chi connectivity index (χ1v) is 12.7. The fraction of sp³-hybridized carbons (Fsp3) is 0.296.